The first-order valence-corrected chi connectivity index (χ1v) is 4.37. The zero-order valence-corrected chi connectivity index (χ0v) is 8.25. The standard InChI is InChI=1S/C8H8N6O/c1-13-3-5-6(11-13)8(15-2)12-14-4-9-10-7(5)14/h3-4H,1-2H3. The maximum absolute atomic E-state index is 5.15. The molecule has 76 valence electrons. The van der Waals surface area contributed by atoms with Gasteiger partial charge in [-0.05, 0) is 0 Å². The van der Waals surface area contributed by atoms with Crippen LogP contribution in [0.2, 0.25) is 0 Å². The molecule has 0 saturated carbocycles. The lowest BCUT2D eigenvalue weighted by atomic mass is 10.3. The van der Waals surface area contributed by atoms with Crippen molar-refractivity contribution < 1.29 is 4.74 Å². The smallest absolute Gasteiger partial charge is 0.260 e. The summed E-state index contributed by atoms with van der Waals surface area (Å²) in [5, 5.41) is 17.1. The van der Waals surface area contributed by atoms with Crippen molar-refractivity contribution >= 4 is 16.6 Å². The van der Waals surface area contributed by atoms with E-state index in [4.69, 9.17) is 4.74 Å². The summed E-state index contributed by atoms with van der Waals surface area (Å²) in [6.45, 7) is 0. The van der Waals surface area contributed by atoms with Gasteiger partial charge in [-0.15, -0.1) is 15.3 Å². The van der Waals surface area contributed by atoms with E-state index in [9.17, 15) is 0 Å². The van der Waals surface area contributed by atoms with Gasteiger partial charge < -0.3 is 4.74 Å². The number of aromatic nitrogens is 6. The van der Waals surface area contributed by atoms with Crippen molar-refractivity contribution in [3.63, 3.8) is 0 Å². The number of ether oxygens (including phenoxy) is 1. The molecule has 3 rings (SSSR count). The lowest BCUT2D eigenvalue weighted by Gasteiger charge is -1.99. The normalized spacial score (nSPS) is 11.3. The Morgan fingerprint density at radius 2 is 2.20 bits per heavy atom. The third-order valence-electron chi connectivity index (χ3n) is 2.19. The Kier molecular flexibility index (Phi) is 1.44. The van der Waals surface area contributed by atoms with Gasteiger partial charge >= 0.3 is 0 Å². The lowest BCUT2D eigenvalue weighted by molar-refractivity contribution is 0.394. The number of hydrogen-bond donors (Lipinski definition) is 0. The monoisotopic (exact) mass is 204 g/mol. The van der Waals surface area contributed by atoms with Crippen molar-refractivity contribution in [2.24, 2.45) is 7.05 Å². The van der Waals surface area contributed by atoms with Gasteiger partial charge in [0.05, 0.1) is 12.5 Å². The molecule has 0 aliphatic heterocycles. The Morgan fingerprint density at radius 3 is 3.00 bits per heavy atom. The summed E-state index contributed by atoms with van der Waals surface area (Å²) in [6, 6.07) is 0. The van der Waals surface area contributed by atoms with E-state index in [0.29, 0.717) is 17.0 Å². The van der Waals surface area contributed by atoms with Crippen LogP contribution >= 0.6 is 0 Å². The van der Waals surface area contributed by atoms with Gasteiger partial charge in [-0.1, -0.05) is 0 Å². The highest BCUT2D eigenvalue weighted by Gasteiger charge is 2.13. The topological polar surface area (TPSA) is 70.1 Å². The van der Waals surface area contributed by atoms with Gasteiger partial charge in [-0.3, -0.25) is 4.68 Å². The van der Waals surface area contributed by atoms with Gasteiger partial charge in [0.25, 0.3) is 5.88 Å². The summed E-state index contributed by atoms with van der Waals surface area (Å²) >= 11 is 0. The maximum Gasteiger partial charge on any atom is 0.260 e. The minimum atomic E-state index is 0.470. The van der Waals surface area contributed by atoms with Crippen LogP contribution in [-0.2, 0) is 7.05 Å². The molecule has 15 heavy (non-hydrogen) atoms. The highest BCUT2D eigenvalue weighted by atomic mass is 16.5. The number of methoxy groups -OCH3 is 1. The van der Waals surface area contributed by atoms with E-state index in [0.717, 1.165) is 5.39 Å². The van der Waals surface area contributed by atoms with Crippen LogP contribution in [0.5, 0.6) is 5.88 Å². The van der Waals surface area contributed by atoms with Gasteiger partial charge in [0, 0.05) is 13.2 Å². The molecule has 0 amide bonds. The number of nitrogens with zero attached hydrogens (tertiary/aromatic N) is 6. The first-order chi connectivity index (χ1) is 7.29. The zero-order chi connectivity index (χ0) is 10.4. The Labute approximate surface area is 84.3 Å². The molecule has 0 aliphatic rings. The van der Waals surface area contributed by atoms with Crippen LogP contribution in [0.4, 0.5) is 0 Å². The quantitative estimate of drug-likeness (QED) is 0.558. The molecule has 0 bridgehead atoms. The second kappa shape index (κ2) is 2.66. The van der Waals surface area contributed by atoms with Crippen LogP contribution < -0.4 is 4.74 Å². The fourth-order valence-corrected chi connectivity index (χ4v) is 1.57. The maximum atomic E-state index is 5.15. The molecule has 0 fully saturated rings. The average molecular weight is 204 g/mol. The minimum absolute atomic E-state index is 0.470. The molecular weight excluding hydrogens is 196 g/mol. The van der Waals surface area contributed by atoms with E-state index in [1.54, 1.807) is 16.3 Å². The molecule has 3 aromatic rings. The zero-order valence-electron chi connectivity index (χ0n) is 8.25. The number of rotatable bonds is 1. The Balaban J connectivity index is 2.57. The summed E-state index contributed by atoms with van der Waals surface area (Å²) in [7, 11) is 3.40. The van der Waals surface area contributed by atoms with Crippen molar-refractivity contribution in [1.29, 1.82) is 0 Å². The Morgan fingerprint density at radius 1 is 1.33 bits per heavy atom. The van der Waals surface area contributed by atoms with Crippen LogP contribution in [0.15, 0.2) is 12.5 Å². The summed E-state index contributed by atoms with van der Waals surface area (Å²) < 4.78 is 8.43. The van der Waals surface area contributed by atoms with Gasteiger partial charge in [-0.25, -0.2) is 0 Å². The summed E-state index contributed by atoms with van der Waals surface area (Å²) in [6.07, 6.45) is 3.40. The molecule has 3 heterocycles. The van der Waals surface area contributed by atoms with Crippen LogP contribution in [0.25, 0.3) is 16.6 Å². The van der Waals surface area contributed by atoms with E-state index in [2.05, 4.69) is 20.4 Å². The summed E-state index contributed by atoms with van der Waals surface area (Å²) in [4.78, 5) is 0. The van der Waals surface area contributed by atoms with E-state index >= 15 is 0 Å². The highest BCUT2D eigenvalue weighted by Crippen LogP contribution is 2.23. The molecule has 0 unspecified atom stereocenters. The van der Waals surface area contributed by atoms with Crippen LogP contribution in [0.3, 0.4) is 0 Å². The average Bonchev–Trinajstić information content (AvgIpc) is 2.80. The van der Waals surface area contributed by atoms with Gasteiger partial charge in [0.1, 0.15) is 6.33 Å². The molecule has 3 aromatic heterocycles. The van der Waals surface area contributed by atoms with Gasteiger partial charge in [0.15, 0.2) is 11.2 Å². The molecule has 0 atom stereocenters. The fraction of sp³-hybridized carbons (Fsp3) is 0.250. The largest absolute Gasteiger partial charge is 0.478 e. The minimum Gasteiger partial charge on any atom is -0.478 e. The second-order valence-corrected chi connectivity index (χ2v) is 3.17. The number of aryl methyl sites for hydroxylation is 1. The summed E-state index contributed by atoms with van der Waals surface area (Å²) in [5.41, 5.74) is 1.37. The van der Waals surface area contributed by atoms with E-state index in [1.807, 2.05) is 13.2 Å². The fourth-order valence-electron chi connectivity index (χ4n) is 1.57. The predicted octanol–water partition coefficient (Wildman–Crippen LogP) is 0.0196. The molecule has 0 aliphatic carbocycles. The van der Waals surface area contributed by atoms with Crippen molar-refractivity contribution in [3.8, 4) is 5.88 Å². The molecule has 0 spiro atoms. The van der Waals surface area contributed by atoms with Crippen molar-refractivity contribution in [3.05, 3.63) is 12.5 Å². The predicted molar refractivity (Wildman–Crippen MR) is 51.6 cm³/mol. The van der Waals surface area contributed by atoms with Gasteiger partial charge in [0.2, 0.25) is 0 Å². The van der Waals surface area contributed by atoms with Crippen molar-refractivity contribution in [2.75, 3.05) is 7.11 Å². The van der Waals surface area contributed by atoms with E-state index in [1.165, 1.54) is 6.33 Å². The van der Waals surface area contributed by atoms with E-state index < -0.39 is 0 Å². The summed E-state index contributed by atoms with van der Waals surface area (Å²) in [5.74, 6) is 0.470. The first kappa shape index (κ1) is 8.16. The molecule has 7 nitrogen and oxygen atoms in total. The number of fused-ring (bicyclic) bond motifs is 3. The first-order valence-electron chi connectivity index (χ1n) is 4.37. The Bertz CT molecular complexity index is 639. The van der Waals surface area contributed by atoms with Gasteiger partial charge in [-0.2, -0.15) is 9.61 Å². The second-order valence-electron chi connectivity index (χ2n) is 3.17. The molecular formula is C8H8N6O. The lowest BCUT2D eigenvalue weighted by Crippen LogP contribution is -1.96. The number of hydrogen-bond acceptors (Lipinski definition) is 5. The van der Waals surface area contributed by atoms with Crippen LogP contribution in [0.1, 0.15) is 0 Å². The van der Waals surface area contributed by atoms with Crippen molar-refractivity contribution in [2.45, 2.75) is 0 Å². The van der Waals surface area contributed by atoms with Crippen LogP contribution in [0, 0.1) is 0 Å². The van der Waals surface area contributed by atoms with Crippen molar-refractivity contribution in [1.82, 2.24) is 29.6 Å². The highest BCUT2D eigenvalue weighted by molar-refractivity contribution is 5.93. The molecule has 0 aromatic carbocycles. The molecule has 0 saturated heterocycles. The SMILES string of the molecule is COc1nn2cnnc2c2cn(C)nc12. The third-order valence-corrected chi connectivity index (χ3v) is 2.19. The Hall–Kier alpha value is -2.18. The third kappa shape index (κ3) is 0.997. The molecule has 7 heteroatoms. The van der Waals surface area contributed by atoms with Crippen LogP contribution in [-0.4, -0.2) is 36.7 Å². The molecule has 0 radical (unpaired) electrons. The molecule has 0 N–H and O–H groups in total. The van der Waals surface area contributed by atoms with E-state index in [-0.39, 0.29) is 0 Å².